The van der Waals surface area contributed by atoms with Crippen LogP contribution in [0.1, 0.15) is 31.2 Å². The molecular weight excluding hydrogens is 328 g/mol. The number of benzene rings is 1. The van der Waals surface area contributed by atoms with Gasteiger partial charge in [0.1, 0.15) is 0 Å². The standard InChI is InChI=1S/C18H25ClN2O3/c1-24-13-10-18(23)21-11-8-16(9-12-21)20-17(22)7-4-14-2-5-15(19)6-3-14/h2-3,5-6,16H,4,7-13H2,1H3,(H,20,22). The van der Waals surface area contributed by atoms with E-state index in [0.29, 0.717) is 44.0 Å². The van der Waals surface area contributed by atoms with E-state index in [1.165, 1.54) is 0 Å². The van der Waals surface area contributed by atoms with Crippen molar-refractivity contribution in [3.63, 3.8) is 0 Å². The molecule has 0 bridgehead atoms. The Morgan fingerprint density at radius 3 is 2.50 bits per heavy atom. The summed E-state index contributed by atoms with van der Waals surface area (Å²) < 4.78 is 4.94. The Hall–Kier alpha value is -1.59. The SMILES string of the molecule is COCCC(=O)N1CCC(NC(=O)CCc2ccc(Cl)cc2)CC1. The molecule has 1 heterocycles. The van der Waals surface area contributed by atoms with Gasteiger partial charge in [-0.25, -0.2) is 0 Å². The van der Waals surface area contributed by atoms with E-state index in [1.807, 2.05) is 29.2 Å². The number of aryl methyl sites for hydroxylation is 1. The molecule has 1 saturated heterocycles. The lowest BCUT2D eigenvalue weighted by Gasteiger charge is -2.32. The summed E-state index contributed by atoms with van der Waals surface area (Å²) in [5.41, 5.74) is 1.10. The maximum absolute atomic E-state index is 12.1. The maximum atomic E-state index is 12.1. The van der Waals surface area contributed by atoms with Crippen LogP contribution in [-0.4, -0.2) is 49.6 Å². The summed E-state index contributed by atoms with van der Waals surface area (Å²) in [5.74, 6) is 0.193. The van der Waals surface area contributed by atoms with Gasteiger partial charge in [0.05, 0.1) is 13.0 Å². The number of ether oxygens (including phenoxy) is 1. The number of nitrogens with one attached hydrogen (secondary N) is 1. The highest BCUT2D eigenvalue weighted by Crippen LogP contribution is 2.13. The fourth-order valence-electron chi connectivity index (χ4n) is 2.83. The summed E-state index contributed by atoms with van der Waals surface area (Å²) in [7, 11) is 1.60. The Morgan fingerprint density at radius 1 is 1.21 bits per heavy atom. The summed E-state index contributed by atoms with van der Waals surface area (Å²) >= 11 is 5.85. The number of likely N-dealkylation sites (tertiary alicyclic amines) is 1. The Labute approximate surface area is 148 Å². The molecule has 0 radical (unpaired) electrons. The van der Waals surface area contributed by atoms with Crippen molar-refractivity contribution in [1.82, 2.24) is 10.2 Å². The van der Waals surface area contributed by atoms with Crippen molar-refractivity contribution in [2.24, 2.45) is 0 Å². The Balaban J connectivity index is 1.66. The van der Waals surface area contributed by atoms with Gasteiger partial charge in [0.25, 0.3) is 0 Å². The molecule has 0 aliphatic carbocycles. The van der Waals surface area contributed by atoms with Crippen LogP contribution < -0.4 is 5.32 Å². The van der Waals surface area contributed by atoms with Crippen molar-refractivity contribution >= 4 is 23.4 Å². The third kappa shape index (κ3) is 6.13. The summed E-state index contributed by atoms with van der Waals surface area (Å²) in [6, 6.07) is 7.73. The van der Waals surface area contributed by atoms with Gasteiger partial charge in [0.2, 0.25) is 11.8 Å². The molecule has 6 heteroatoms. The first kappa shape index (κ1) is 18.7. The van der Waals surface area contributed by atoms with Crippen molar-refractivity contribution in [3.05, 3.63) is 34.9 Å². The molecule has 0 spiro atoms. The van der Waals surface area contributed by atoms with E-state index in [1.54, 1.807) is 7.11 Å². The Kier molecular flexibility index (Phi) is 7.53. The second-order valence-electron chi connectivity index (χ2n) is 6.09. The molecule has 2 rings (SSSR count). The maximum Gasteiger partial charge on any atom is 0.224 e. The minimum atomic E-state index is 0.0640. The van der Waals surface area contributed by atoms with Gasteiger partial charge in [0, 0.05) is 37.7 Å². The molecule has 1 N–H and O–H groups in total. The molecule has 132 valence electrons. The number of methoxy groups -OCH3 is 1. The second-order valence-corrected chi connectivity index (χ2v) is 6.53. The molecule has 5 nitrogen and oxygen atoms in total. The fraction of sp³-hybridized carbons (Fsp3) is 0.556. The summed E-state index contributed by atoms with van der Waals surface area (Å²) in [5, 5.41) is 3.78. The minimum absolute atomic E-state index is 0.0640. The van der Waals surface area contributed by atoms with Crippen molar-refractivity contribution in [1.29, 1.82) is 0 Å². The van der Waals surface area contributed by atoms with E-state index in [-0.39, 0.29) is 17.9 Å². The first-order valence-corrected chi connectivity index (χ1v) is 8.77. The third-order valence-corrected chi connectivity index (χ3v) is 4.54. The summed E-state index contributed by atoms with van der Waals surface area (Å²) in [4.78, 5) is 25.8. The molecule has 0 saturated carbocycles. The van der Waals surface area contributed by atoms with E-state index >= 15 is 0 Å². The molecule has 24 heavy (non-hydrogen) atoms. The molecule has 1 aromatic rings. The van der Waals surface area contributed by atoms with Crippen LogP contribution in [0.2, 0.25) is 5.02 Å². The normalized spacial score (nSPS) is 15.3. The van der Waals surface area contributed by atoms with Crippen LogP contribution in [0, 0.1) is 0 Å². The number of hydrogen-bond donors (Lipinski definition) is 1. The zero-order valence-electron chi connectivity index (χ0n) is 14.1. The molecular formula is C18H25ClN2O3. The predicted molar refractivity (Wildman–Crippen MR) is 94.0 cm³/mol. The van der Waals surface area contributed by atoms with Crippen LogP contribution in [0.5, 0.6) is 0 Å². The smallest absolute Gasteiger partial charge is 0.224 e. The van der Waals surface area contributed by atoms with E-state index in [4.69, 9.17) is 16.3 Å². The number of amides is 2. The highest BCUT2D eigenvalue weighted by Gasteiger charge is 2.23. The van der Waals surface area contributed by atoms with Crippen LogP contribution in [0.25, 0.3) is 0 Å². The Morgan fingerprint density at radius 2 is 1.88 bits per heavy atom. The first-order chi connectivity index (χ1) is 11.6. The first-order valence-electron chi connectivity index (χ1n) is 8.39. The third-order valence-electron chi connectivity index (χ3n) is 4.29. The van der Waals surface area contributed by atoms with Gasteiger partial charge in [-0.15, -0.1) is 0 Å². The van der Waals surface area contributed by atoms with Crippen molar-refractivity contribution < 1.29 is 14.3 Å². The van der Waals surface area contributed by atoms with Crippen molar-refractivity contribution in [3.8, 4) is 0 Å². The average molecular weight is 353 g/mol. The highest BCUT2D eigenvalue weighted by atomic mass is 35.5. The van der Waals surface area contributed by atoms with Crippen LogP contribution in [0.15, 0.2) is 24.3 Å². The molecule has 0 aromatic heterocycles. The summed E-state index contributed by atoms with van der Waals surface area (Å²) in [6.07, 6.45) is 3.22. The number of carbonyl (C=O) groups excluding carboxylic acids is 2. The van der Waals surface area contributed by atoms with Gasteiger partial charge in [-0.05, 0) is 37.0 Å². The number of carbonyl (C=O) groups is 2. The van der Waals surface area contributed by atoms with Gasteiger partial charge in [0.15, 0.2) is 0 Å². The van der Waals surface area contributed by atoms with Gasteiger partial charge >= 0.3 is 0 Å². The lowest BCUT2D eigenvalue weighted by atomic mass is 10.0. The van der Waals surface area contributed by atoms with Gasteiger partial charge < -0.3 is 15.0 Å². The van der Waals surface area contributed by atoms with E-state index < -0.39 is 0 Å². The molecule has 0 atom stereocenters. The monoisotopic (exact) mass is 352 g/mol. The van der Waals surface area contributed by atoms with Gasteiger partial charge in [-0.2, -0.15) is 0 Å². The Bertz CT molecular complexity index is 540. The fourth-order valence-corrected chi connectivity index (χ4v) is 2.96. The topological polar surface area (TPSA) is 58.6 Å². The van der Waals surface area contributed by atoms with Crippen LogP contribution in [-0.2, 0) is 20.7 Å². The summed E-state index contributed by atoms with van der Waals surface area (Å²) in [6.45, 7) is 1.86. The number of halogens is 1. The van der Waals surface area contributed by atoms with Crippen LogP contribution in [0.4, 0.5) is 0 Å². The number of piperidine rings is 1. The second kappa shape index (κ2) is 9.64. The van der Waals surface area contributed by atoms with Crippen molar-refractivity contribution in [2.75, 3.05) is 26.8 Å². The minimum Gasteiger partial charge on any atom is -0.384 e. The average Bonchev–Trinajstić information content (AvgIpc) is 2.60. The zero-order valence-corrected chi connectivity index (χ0v) is 14.8. The van der Waals surface area contributed by atoms with Crippen molar-refractivity contribution in [2.45, 2.75) is 38.1 Å². The molecule has 1 aliphatic rings. The van der Waals surface area contributed by atoms with Gasteiger partial charge in [-0.3, -0.25) is 9.59 Å². The molecule has 1 aromatic carbocycles. The largest absolute Gasteiger partial charge is 0.384 e. The number of hydrogen-bond acceptors (Lipinski definition) is 3. The van der Waals surface area contributed by atoms with E-state index in [2.05, 4.69) is 5.32 Å². The van der Waals surface area contributed by atoms with Crippen LogP contribution in [0.3, 0.4) is 0 Å². The van der Waals surface area contributed by atoms with E-state index in [0.717, 1.165) is 18.4 Å². The molecule has 1 aliphatic heterocycles. The van der Waals surface area contributed by atoms with Crippen LogP contribution >= 0.6 is 11.6 Å². The molecule has 2 amide bonds. The molecule has 0 unspecified atom stereocenters. The highest BCUT2D eigenvalue weighted by molar-refractivity contribution is 6.30. The quantitative estimate of drug-likeness (QED) is 0.819. The lowest BCUT2D eigenvalue weighted by Crippen LogP contribution is -2.46. The predicted octanol–water partition coefficient (Wildman–Crippen LogP) is 2.42. The zero-order chi connectivity index (χ0) is 17.4. The van der Waals surface area contributed by atoms with Gasteiger partial charge in [-0.1, -0.05) is 23.7 Å². The van der Waals surface area contributed by atoms with E-state index in [9.17, 15) is 9.59 Å². The lowest BCUT2D eigenvalue weighted by molar-refractivity contribution is -0.133. The number of nitrogens with zero attached hydrogens (tertiary/aromatic N) is 1. The molecule has 1 fully saturated rings. The number of rotatable bonds is 7.